The second-order valence-electron chi connectivity index (χ2n) is 6.90. The van der Waals surface area contributed by atoms with E-state index in [-0.39, 0.29) is 10.9 Å². The number of aromatic nitrogens is 1. The molecule has 0 amide bonds. The standard InChI is InChI=1S/C20H25N3O4S2/c1-14-8-9-16(29(24,25)22(3)4)11-17(14)21-20-23(15(2)12-26-5)18(13-28-20)19-7-6-10-27-19/h6-11,13,15H,12H2,1-5H3. The van der Waals surface area contributed by atoms with E-state index in [9.17, 15) is 8.42 Å². The molecule has 1 atom stereocenters. The Hall–Kier alpha value is -2.20. The van der Waals surface area contributed by atoms with Crippen molar-refractivity contribution in [3.8, 4) is 11.5 Å². The van der Waals surface area contributed by atoms with Crippen LogP contribution in [0.4, 0.5) is 5.69 Å². The zero-order chi connectivity index (χ0) is 21.2. The van der Waals surface area contributed by atoms with Gasteiger partial charge < -0.3 is 13.7 Å². The molecule has 156 valence electrons. The van der Waals surface area contributed by atoms with Gasteiger partial charge in [-0.25, -0.2) is 17.7 Å². The molecule has 0 aliphatic carbocycles. The fourth-order valence-corrected chi connectivity index (χ4v) is 4.84. The van der Waals surface area contributed by atoms with Gasteiger partial charge in [0, 0.05) is 26.6 Å². The zero-order valence-corrected chi connectivity index (χ0v) is 18.8. The Morgan fingerprint density at radius 3 is 2.69 bits per heavy atom. The van der Waals surface area contributed by atoms with Crippen LogP contribution in [-0.2, 0) is 14.8 Å². The summed E-state index contributed by atoms with van der Waals surface area (Å²) in [6, 6.07) is 8.75. The molecule has 2 heterocycles. The first-order valence-corrected chi connectivity index (χ1v) is 11.4. The molecule has 3 rings (SSSR count). The molecule has 0 radical (unpaired) electrons. The fraction of sp³-hybridized carbons (Fsp3) is 0.350. The average Bonchev–Trinajstić information content (AvgIpc) is 3.33. The second kappa shape index (κ2) is 8.66. The summed E-state index contributed by atoms with van der Waals surface area (Å²) in [4.78, 5) is 5.76. The van der Waals surface area contributed by atoms with Crippen LogP contribution >= 0.6 is 11.3 Å². The lowest BCUT2D eigenvalue weighted by atomic mass is 10.2. The summed E-state index contributed by atoms with van der Waals surface area (Å²) < 4.78 is 39.2. The molecule has 29 heavy (non-hydrogen) atoms. The van der Waals surface area contributed by atoms with Crippen molar-refractivity contribution < 1.29 is 17.6 Å². The van der Waals surface area contributed by atoms with Crippen molar-refractivity contribution >= 4 is 27.0 Å². The topological polar surface area (TPSA) is 77.0 Å². The van der Waals surface area contributed by atoms with Crippen LogP contribution in [0.25, 0.3) is 11.5 Å². The third-order valence-electron chi connectivity index (χ3n) is 4.54. The smallest absolute Gasteiger partial charge is 0.242 e. The van der Waals surface area contributed by atoms with Crippen LogP contribution < -0.4 is 4.80 Å². The van der Waals surface area contributed by atoms with Gasteiger partial charge in [0.15, 0.2) is 10.6 Å². The predicted molar refractivity (Wildman–Crippen MR) is 114 cm³/mol. The molecule has 0 fully saturated rings. The number of thiazole rings is 1. The Bertz CT molecular complexity index is 1140. The molecular formula is C20H25N3O4S2. The third-order valence-corrected chi connectivity index (χ3v) is 7.19. The van der Waals surface area contributed by atoms with Crippen LogP contribution in [0.5, 0.6) is 0 Å². The monoisotopic (exact) mass is 435 g/mol. The Kier molecular flexibility index (Phi) is 6.42. The van der Waals surface area contributed by atoms with E-state index in [4.69, 9.17) is 14.1 Å². The molecule has 0 saturated carbocycles. The summed E-state index contributed by atoms with van der Waals surface area (Å²) >= 11 is 1.47. The van der Waals surface area contributed by atoms with Crippen molar-refractivity contribution in [1.82, 2.24) is 8.87 Å². The van der Waals surface area contributed by atoms with Crippen molar-refractivity contribution in [2.45, 2.75) is 24.8 Å². The Morgan fingerprint density at radius 1 is 1.31 bits per heavy atom. The molecule has 0 saturated heterocycles. The maximum atomic E-state index is 12.5. The maximum Gasteiger partial charge on any atom is 0.242 e. The van der Waals surface area contributed by atoms with Crippen LogP contribution in [0, 0.1) is 6.92 Å². The molecular weight excluding hydrogens is 410 g/mol. The molecule has 2 aromatic heterocycles. The van der Waals surface area contributed by atoms with Crippen LogP contribution in [-0.4, -0.2) is 45.1 Å². The van der Waals surface area contributed by atoms with Crippen LogP contribution in [0.15, 0.2) is 56.3 Å². The second-order valence-corrected chi connectivity index (χ2v) is 9.89. The Labute approximate surface area is 174 Å². The molecule has 0 aliphatic heterocycles. The summed E-state index contributed by atoms with van der Waals surface area (Å²) in [7, 11) is 1.15. The molecule has 3 aromatic rings. The first kappa shape index (κ1) is 21.5. The Morgan fingerprint density at radius 2 is 2.07 bits per heavy atom. The molecule has 1 unspecified atom stereocenters. The highest BCUT2D eigenvalue weighted by molar-refractivity contribution is 7.89. The molecule has 0 spiro atoms. The van der Waals surface area contributed by atoms with Crippen molar-refractivity contribution in [2.75, 3.05) is 27.8 Å². The highest BCUT2D eigenvalue weighted by atomic mass is 32.2. The zero-order valence-electron chi connectivity index (χ0n) is 17.1. The molecule has 0 aliphatic rings. The lowest BCUT2D eigenvalue weighted by molar-refractivity contribution is 0.161. The quantitative estimate of drug-likeness (QED) is 0.565. The third kappa shape index (κ3) is 4.37. The number of nitrogens with zero attached hydrogens (tertiary/aromatic N) is 3. The van der Waals surface area contributed by atoms with E-state index in [0.29, 0.717) is 12.3 Å². The number of hydrogen-bond acceptors (Lipinski definition) is 6. The van der Waals surface area contributed by atoms with Gasteiger partial charge in [-0.3, -0.25) is 0 Å². The van der Waals surface area contributed by atoms with Gasteiger partial charge in [0.2, 0.25) is 10.0 Å². The molecule has 1 aromatic carbocycles. The summed E-state index contributed by atoms with van der Waals surface area (Å²) in [5, 5.41) is 1.99. The summed E-state index contributed by atoms with van der Waals surface area (Å²) in [6.45, 7) is 4.46. The lowest BCUT2D eigenvalue weighted by Crippen LogP contribution is -2.23. The van der Waals surface area contributed by atoms with Gasteiger partial charge in [0.05, 0.1) is 35.2 Å². The number of ether oxygens (including phenoxy) is 1. The van der Waals surface area contributed by atoms with Gasteiger partial charge in [-0.05, 0) is 43.7 Å². The van der Waals surface area contributed by atoms with Gasteiger partial charge in [-0.2, -0.15) is 0 Å². The maximum absolute atomic E-state index is 12.5. The largest absolute Gasteiger partial charge is 0.463 e. The van der Waals surface area contributed by atoms with Crippen molar-refractivity contribution in [3.05, 3.63) is 52.3 Å². The predicted octanol–water partition coefficient (Wildman–Crippen LogP) is 3.81. The minimum atomic E-state index is -3.54. The Balaban J connectivity index is 2.19. The van der Waals surface area contributed by atoms with Crippen molar-refractivity contribution in [3.63, 3.8) is 0 Å². The van der Waals surface area contributed by atoms with Crippen LogP contribution in [0.1, 0.15) is 18.5 Å². The first-order chi connectivity index (χ1) is 13.8. The van der Waals surface area contributed by atoms with Gasteiger partial charge in [0.25, 0.3) is 0 Å². The number of sulfonamides is 1. The number of hydrogen-bond donors (Lipinski definition) is 0. The van der Waals surface area contributed by atoms with E-state index in [1.807, 2.05) is 31.4 Å². The fourth-order valence-electron chi connectivity index (χ4n) is 2.93. The molecule has 0 N–H and O–H groups in total. The molecule has 7 nitrogen and oxygen atoms in total. The van der Waals surface area contributed by atoms with E-state index in [1.54, 1.807) is 31.6 Å². The molecule has 0 bridgehead atoms. The molecule has 9 heteroatoms. The van der Waals surface area contributed by atoms with Gasteiger partial charge in [-0.1, -0.05) is 6.07 Å². The highest BCUT2D eigenvalue weighted by Crippen LogP contribution is 2.27. The van der Waals surface area contributed by atoms with Gasteiger partial charge in [0.1, 0.15) is 0 Å². The van der Waals surface area contributed by atoms with E-state index in [1.165, 1.54) is 29.7 Å². The minimum Gasteiger partial charge on any atom is -0.463 e. The SMILES string of the molecule is COCC(C)n1c(-c2ccco2)csc1=Nc1cc(S(=O)(=O)N(C)C)ccc1C. The number of benzene rings is 1. The van der Waals surface area contributed by atoms with E-state index < -0.39 is 10.0 Å². The van der Waals surface area contributed by atoms with Crippen LogP contribution in [0.2, 0.25) is 0 Å². The highest BCUT2D eigenvalue weighted by Gasteiger charge is 2.19. The van der Waals surface area contributed by atoms with Gasteiger partial charge >= 0.3 is 0 Å². The number of methoxy groups -OCH3 is 1. The number of rotatable bonds is 7. The average molecular weight is 436 g/mol. The van der Waals surface area contributed by atoms with Crippen LogP contribution in [0.3, 0.4) is 0 Å². The van der Waals surface area contributed by atoms with E-state index in [0.717, 1.165) is 21.8 Å². The van der Waals surface area contributed by atoms with E-state index >= 15 is 0 Å². The summed E-state index contributed by atoms with van der Waals surface area (Å²) in [6.07, 6.45) is 1.63. The lowest BCUT2D eigenvalue weighted by Gasteiger charge is -2.16. The minimum absolute atomic E-state index is 0.0131. The van der Waals surface area contributed by atoms with Crippen molar-refractivity contribution in [2.24, 2.45) is 4.99 Å². The number of furan rings is 1. The first-order valence-electron chi connectivity index (χ1n) is 9.06. The normalized spacial score (nSPS) is 13.9. The van der Waals surface area contributed by atoms with E-state index in [2.05, 4.69) is 4.57 Å². The summed E-state index contributed by atoms with van der Waals surface area (Å²) in [5.41, 5.74) is 2.40. The van der Waals surface area contributed by atoms with Crippen molar-refractivity contribution in [1.29, 1.82) is 0 Å². The van der Waals surface area contributed by atoms with Gasteiger partial charge in [-0.15, -0.1) is 11.3 Å². The number of aryl methyl sites for hydroxylation is 1. The summed E-state index contributed by atoms with van der Waals surface area (Å²) in [5.74, 6) is 0.742.